The van der Waals surface area contributed by atoms with Crippen LogP contribution in [0.5, 0.6) is 5.88 Å². The van der Waals surface area contributed by atoms with Crippen LogP contribution in [0, 0.1) is 11.3 Å². The van der Waals surface area contributed by atoms with Crippen LogP contribution in [-0.2, 0) is 10.0 Å². The summed E-state index contributed by atoms with van der Waals surface area (Å²) in [6.45, 7) is 3.96. The highest BCUT2D eigenvalue weighted by Gasteiger charge is 2.23. The summed E-state index contributed by atoms with van der Waals surface area (Å²) in [7, 11) is -3.69. The van der Waals surface area contributed by atoms with Crippen LogP contribution in [-0.4, -0.2) is 25.3 Å². The Bertz CT molecular complexity index is 519. The van der Waals surface area contributed by atoms with E-state index in [0.29, 0.717) is 18.2 Å². The first-order valence-electron chi connectivity index (χ1n) is 5.53. The van der Waals surface area contributed by atoms with Crippen LogP contribution < -0.4 is 9.46 Å². The molecule has 0 aromatic carbocycles. The summed E-state index contributed by atoms with van der Waals surface area (Å²) in [5.74, 6) is 0.424. The predicted octanol–water partition coefficient (Wildman–Crippen LogP) is 1.52. The Morgan fingerprint density at radius 1 is 1.50 bits per heavy atom. The first kappa shape index (κ1) is 14.3. The van der Waals surface area contributed by atoms with Gasteiger partial charge < -0.3 is 4.74 Å². The van der Waals surface area contributed by atoms with E-state index in [1.54, 1.807) is 25.1 Å². The number of sulfonamides is 1. The Morgan fingerprint density at radius 3 is 2.67 bits per heavy atom. The lowest BCUT2D eigenvalue weighted by Crippen LogP contribution is -2.25. The van der Waals surface area contributed by atoms with Gasteiger partial charge in [-0.1, -0.05) is 6.92 Å². The third-order valence-electron chi connectivity index (χ3n) is 2.18. The van der Waals surface area contributed by atoms with Crippen LogP contribution in [0.2, 0.25) is 0 Å². The molecule has 6 nitrogen and oxygen atoms in total. The third kappa shape index (κ3) is 3.60. The van der Waals surface area contributed by atoms with Gasteiger partial charge in [0.1, 0.15) is 0 Å². The monoisotopic (exact) mass is 269 g/mol. The number of nitriles is 1. The summed E-state index contributed by atoms with van der Waals surface area (Å²) >= 11 is 0. The standard InChI is InChI=1S/C11H15N3O3S/c1-3-10(7-12)18(15,16)14-9-5-6-11(13-8-9)17-4-2/h5-6,8,10,14H,3-4H2,1-2H3. The van der Waals surface area contributed by atoms with E-state index in [4.69, 9.17) is 10.00 Å². The number of hydrogen-bond acceptors (Lipinski definition) is 5. The van der Waals surface area contributed by atoms with Gasteiger partial charge in [-0.15, -0.1) is 0 Å². The van der Waals surface area contributed by atoms with E-state index in [1.807, 2.05) is 6.92 Å². The van der Waals surface area contributed by atoms with Gasteiger partial charge in [0.25, 0.3) is 0 Å². The summed E-state index contributed by atoms with van der Waals surface area (Å²) in [6, 6.07) is 4.85. The van der Waals surface area contributed by atoms with E-state index in [2.05, 4.69) is 9.71 Å². The molecule has 1 heterocycles. The molecule has 98 valence electrons. The zero-order valence-corrected chi connectivity index (χ0v) is 11.1. The number of pyridine rings is 1. The van der Waals surface area contributed by atoms with Gasteiger partial charge in [0.2, 0.25) is 15.9 Å². The van der Waals surface area contributed by atoms with E-state index < -0.39 is 15.3 Å². The van der Waals surface area contributed by atoms with Crippen LogP contribution in [0.25, 0.3) is 0 Å². The lowest BCUT2D eigenvalue weighted by molar-refractivity contribution is 0.327. The quantitative estimate of drug-likeness (QED) is 0.845. The highest BCUT2D eigenvalue weighted by molar-refractivity contribution is 7.93. The molecule has 1 N–H and O–H groups in total. The van der Waals surface area contributed by atoms with Crippen molar-refractivity contribution < 1.29 is 13.2 Å². The lowest BCUT2D eigenvalue weighted by atomic mass is 10.4. The van der Waals surface area contributed by atoms with Crippen LogP contribution in [0.1, 0.15) is 20.3 Å². The van der Waals surface area contributed by atoms with E-state index in [0.717, 1.165) is 0 Å². The molecule has 0 aliphatic carbocycles. The molecule has 0 aliphatic heterocycles. The number of nitrogens with one attached hydrogen (secondary N) is 1. The minimum atomic E-state index is -3.69. The second-order valence-electron chi connectivity index (χ2n) is 3.49. The van der Waals surface area contributed by atoms with Crippen molar-refractivity contribution in [2.24, 2.45) is 0 Å². The maximum Gasteiger partial charge on any atom is 0.249 e. The molecule has 0 spiro atoms. The summed E-state index contributed by atoms with van der Waals surface area (Å²) in [5.41, 5.74) is 0.312. The summed E-state index contributed by atoms with van der Waals surface area (Å²) in [4.78, 5) is 3.93. The van der Waals surface area contributed by atoms with Crippen molar-refractivity contribution in [3.05, 3.63) is 18.3 Å². The minimum Gasteiger partial charge on any atom is -0.478 e. The summed E-state index contributed by atoms with van der Waals surface area (Å²) < 4.78 is 31.0. The van der Waals surface area contributed by atoms with Crippen molar-refractivity contribution in [3.63, 3.8) is 0 Å². The van der Waals surface area contributed by atoms with Crippen molar-refractivity contribution in [1.82, 2.24) is 4.98 Å². The molecular formula is C11H15N3O3S. The smallest absolute Gasteiger partial charge is 0.249 e. The molecule has 1 rings (SSSR count). The summed E-state index contributed by atoms with van der Waals surface area (Å²) in [6.07, 6.45) is 1.59. The van der Waals surface area contributed by atoms with Crippen molar-refractivity contribution in [2.75, 3.05) is 11.3 Å². The molecule has 18 heavy (non-hydrogen) atoms. The second kappa shape index (κ2) is 6.21. The van der Waals surface area contributed by atoms with Crippen LogP contribution in [0.15, 0.2) is 18.3 Å². The normalized spacial score (nSPS) is 12.5. The maximum absolute atomic E-state index is 11.8. The summed E-state index contributed by atoms with van der Waals surface area (Å²) in [5, 5.41) is 7.68. The largest absolute Gasteiger partial charge is 0.478 e. The van der Waals surface area contributed by atoms with Crippen molar-refractivity contribution in [2.45, 2.75) is 25.5 Å². The topological polar surface area (TPSA) is 92.1 Å². The molecule has 1 unspecified atom stereocenters. The average molecular weight is 269 g/mol. The second-order valence-corrected chi connectivity index (χ2v) is 5.35. The molecule has 0 amide bonds. The van der Waals surface area contributed by atoms with Gasteiger partial charge in [0, 0.05) is 6.07 Å². The fraction of sp³-hybridized carbons (Fsp3) is 0.455. The van der Waals surface area contributed by atoms with Crippen molar-refractivity contribution in [1.29, 1.82) is 5.26 Å². The van der Waals surface area contributed by atoms with Gasteiger partial charge in [-0.25, -0.2) is 13.4 Å². The zero-order valence-electron chi connectivity index (χ0n) is 10.3. The van der Waals surface area contributed by atoms with Gasteiger partial charge in [0.15, 0.2) is 5.25 Å². The van der Waals surface area contributed by atoms with E-state index >= 15 is 0 Å². The SMILES string of the molecule is CCOc1ccc(NS(=O)(=O)C(C#N)CC)cn1. The number of nitrogens with zero attached hydrogens (tertiary/aromatic N) is 2. The number of aromatic nitrogens is 1. The molecule has 1 atom stereocenters. The van der Waals surface area contributed by atoms with Crippen LogP contribution in [0.4, 0.5) is 5.69 Å². The van der Waals surface area contributed by atoms with Gasteiger partial charge in [-0.05, 0) is 19.4 Å². The van der Waals surface area contributed by atoms with Gasteiger partial charge >= 0.3 is 0 Å². The molecule has 1 aromatic rings. The molecule has 0 saturated heterocycles. The van der Waals surface area contributed by atoms with Crippen molar-refractivity contribution in [3.8, 4) is 11.9 Å². The molecule has 7 heteroatoms. The molecule has 0 bridgehead atoms. The molecule has 0 fully saturated rings. The Labute approximate surface area is 107 Å². The number of anilines is 1. The first-order valence-corrected chi connectivity index (χ1v) is 7.08. The molecule has 0 aliphatic rings. The van der Waals surface area contributed by atoms with E-state index in [-0.39, 0.29) is 6.42 Å². The fourth-order valence-corrected chi connectivity index (χ4v) is 2.46. The third-order valence-corrected chi connectivity index (χ3v) is 3.89. The Kier molecular flexibility index (Phi) is 4.92. The zero-order chi connectivity index (χ0) is 13.6. The molecular weight excluding hydrogens is 254 g/mol. The van der Waals surface area contributed by atoms with E-state index in [9.17, 15) is 8.42 Å². The predicted molar refractivity (Wildman–Crippen MR) is 67.6 cm³/mol. The Morgan fingerprint density at radius 2 is 2.22 bits per heavy atom. The molecule has 0 radical (unpaired) electrons. The molecule has 1 aromatic heterocycles. The Hall–Kier alpha value is -1.81. The number of rotatable bonds is 6. The highest BCUT2D eigenvalue weighted by Crippen LogP contribution is 2.15. The highest BCUT2D eigenvalue weighted by atomic mass is 32.2. The van der Waals surface area contributed by atoms with Crippen LogP contribution in [0.3, 0.4) is 0 Å². The number of hydrogen-bond donors (Lipinski definition) is 1. The average Bonchev–Trinajstić information content (AvgIpc) is 2.33. The van der Waals surface area contributed by atoms with Crippen LogP contribution >= 0.6 is 0 Å². The maximum atomic E-state index is 11.8. The van der Waals surface area contributed by atoms with Gasteiger partial charge in [-0.3, -0.25) is 4.72 Å². The van der Waals surface area contributed by atoms with E-state index in [1.165, 1.54) is 6.20 Å². The molecule has 0 saturated carbocycles. The first-order chi connectivity index (χ1) is 8.53. The Balaban J connectivity index is 2.82. The van der Waals surface area contributed by atoms with Gasteiger partial charge in [-0.2, -0.15) is 5.26 Å². The number of ether oxygens (including phenoxy) is 1. The minimum absolute atomic E-state index is 0.232. The van der Waals surface area contributed by atoms with Gasteiger partial charge in [0.05, 0.1) is 24.6 Å². The van der Waals surface area contributed by atoms with Crippen molar-refractivity contribution >= 4 is 15.7 Å². The lowest BCUT2D eigenvalue weighted by Gasteiger charge is -2.11. The fourth-order valence-electron chi connectivity index (χ4n) is 1.29.